The minimum atomic E-state index is 0.597. The lowest BCUT2D eigenvalue weighted by molar-refractivity contribution is 0.339. The molecule has 0 spiro atoms. The van der Waals surface area contributed by atoms with E-state index in [2.05, 4.69) is 52.0 Å². The first-order valence-corrected chi connectivity index (χ1v) is 6.98. The highest BCUT2D eigenvalue weighted by atomic mass is 16.5. The van der Waals surface area contributed by atoms with Gasteiger partial charge in [-0.25, -0.2) is 0 Å². The molecule has 0 heterocycles. The summed E-state index contributed by atoms with van der Waals surface area (Å²) in [5.41, 5.74) is 4.15. The zero-order valence-corrected chi connectivity index (χ0v) is 12.4. The van der Waals surface area contributed by atoms with Gasteiger partial charge in [-0.3, -0.25) is 0 Å². The Bertz CT molecular complexity index is 381. The normalized spacial score (nSPS) is 12.9. The van der Waals surface area contributed by atoms with Crippen molar-refractivity contribution in [3.63, 3.8) is 0 Å². The summed E-state index contributed by atoms with van der Waals surface area (Å²) in [6.07, 6.45) is 6.80. The monoisotopic (exact) mass is 246 g/mol. The fourth-order valence-electron chi connectivity index (χ4n) is 2.28. The molecular weight excluding hydrogens is 220 g/mol. The van der Waals surface area contributed by atoms with E-state index in [4.69, 9.17) is 4.74 Å². The fraction of sp³-hybridized carbons (Fsp3) is 0.529. The van der Waals surface area contributed by atoms with Crippen LogP contribution in [0.4, 0.5) is 0 Å². The molecule has 1 rings (SSSR count). The van der Waals surface area contributed by atoms with E-state index in [-0.39, 0.29) is 0 Å². The number of allylic oxidation sites excluding steroid dienone is 2. The van der Waals surface area contributed by atoms with Gasteiger partial charge in [-0.15, -0.1) is 0 Å². The third kappa shape index (κ3) is 4.21. The molecule has 1 unspecified atom stereocenters. The maximum absolute atomic E-state index is 5.58. The Morgan fingerprint density at radius 1 is 1.17 bits per heavy atom. The van der Waals surface area contributed by atoms with Gasteiger partial charge in [-0.2, -0.15) is 0 Å². The lowest BCUT2D eigenvalue weighted by atomic mass is 9.93. The predicted molar refractivity (Wildman–Crippen MR) is 79.4 cm³/mol. The van der Waals surface area contributed by atoms with E-state index < -0.39 is 0 Å². The number of rotatable bonds is 6. The largest absolute Gasteiger partial charge is 0.494 e. The lowest BCUT2D eigenvalue weighted by Crippen LogP contribution is -2.02. The smallest absolute Gasteiger partial charge is 0.119 e. The number of ether oxygens (including phenoxy) is 1. The molecule has 0 aliphatic rings. The first-order valence-electron chi connectivity index (χ1n) is 6.98. The fourth-order valence-corrected chi connectivity index (χ4v) is 2.28. The number of aryl methyl sites for hydroxylation is 2. The van der Waals surface area contributed by atoms with E-state index in [1.165, 1.54) is 16.7 Å². The van der Waals surface area contributed by atoms with Crippen LogP contribution in [-0.4, -0.2) is 6.61 Å². The van der Waals surface area contributed by atoms with E-state index in [9.17, 15) is 0 Å². The predicted octanol–water partition coefficient (Wildman–Crippen LogP) is 4.85. The van der Waals surface area contributed by atoms with Crippen LogP contribution in [0.5, 0.6) is 5.75 Å². The maximum Gasteiger partial charge on any atom is 0.119 e. The molecule has 0 aliphatic heterocycles. The Morgan fingerprint density at radius 2 is 1.78 bits per heavy atom. The zero-order valence-electron chi connectivity index (χ0n) is 12.4. The second-order valence-corrected chi connectivity index (χ2v) is 4.99. The van der Waals surface area contributed by atoms with Gasteiger partial charge < -0.3 is 4.74 Å². The molecule has 0 fully saturated rings. The second kappa shape index (κ2) is 7.25. The molecule has 100 valence electrons. The van der Waals surface area contributed by atoms with Gasteiger partial charge in [0.15, 0.2) is 0 Å². The van der Waals surface area contributed by atoms with E-state index in [1.54, 1.807) is 0 Å². The standard InChI is InChI=1S/C17H26O/c1-6-8-9-13(3)10-17-14(4)11-16(18-7-2)12-15(17)5/h8-9,11-13H,6-7,10H2,1-5H3/b9-8-. The first-order chi connectivity index (χ1) is 8.58. The Morgan fingerprint density at radius 3 is 2.28 bits per heavy atom. The molecule has 0 saturated heterocycles. The summed E-state index contributed by atoms with van der Waals surface area (Å²) in [5.74, 6) is 1.59. The van der Waals surface area contributed by atoms with Gasteiger partial charge in [0.25, 0.3) is 0 Å². The van der Waals surface area contributed by atoms with Crippen molar-refractivity contribution in [2.75, 3.05) is 6.61 Å². The average molecular weight is 246 g/mol. The van der Waals surface area contributed by atoms with Gasteiger partial charge >= 0.3 is 0 Å². The van der Waals surface area contributed by atoms with E-state index in [1.807, 2.05) is 6.92 Å². The summed E-state index contributed by atoms with van der Waals surface area (Å²) in [6.45, 7) is 11.6. The molecule has 0 radical (unpaired) electrons. The molecule has 0 N–H and O–H groups in total. The SMILES string of the molecule is CC/C=C\C(C)Cc1c(C)cc(OCC)cc1C. The summed E-state index contributed by atoms with van der Waals surface area (Å²) < 4.78 is 5.58. The van der Waals surface area contributed by atoms with Crippen LogP contribution in [0.25, 0.3) is 0 Å². The van der Waals surface area contributed by atoms with Gasteiger partial charge in [-0.1, -0.05) is 26.0 Å². The molecule has 0 aliphatic carbocycles. The third-order valence-corrected chi connectivity index (χ3v) is 3.21. The Kier molecular flexibility index (Phi) is 5.97. The molecule has 1 atom stereocenters. The molecular formula is C17H26O. The van der Waals surface area contributed by atoms with Gasteiger partial charge in [0.1, 0.15) is 5.75 Å². The van der Waals surface area contributed by atoms with Crippen molar-refractivity contribution in [2.45, 2.75) is 47.5 Å². The number of benzene rings is 1. The molecule has 0 saturated carbocycles. The first kappa shape index (κ1) is 14.8. The molecule has 0 amide bonds. The highest BCUT2D eigenvalue weighted by Gasteiger charge is 2.08. The molecule has 0 aromatic heterocycles. The van der Waals surface area contributed by atoms with Crippen LogP contribution >= 0.6 is 0 Å². The number of hydrogen-bond acceptors (Lipinski definition) is 1. The summed E-state index contributed by atoms with van der Waals surface area (Å²) in [7, 11) is 0. The van der Waals surface area contributed by atoms with Crippen molar-refractivity contribution in [2.24, 2.45) is 5.92 Å². The summed E-state index contributed by atoms with van der Waals surface area (Å²) in [5, 5.41) is 0. The van der Waals surface area contributed by atoms with Crippen molar-refractivity contribution in [3.05, 3.63) is 41.0 Å². The van der Waals surface area contributed by atoms with Crippen LogP contribution in [0.3, 0.4) is 0 Å². The van der Waals surface area contributed by atoms with E-state index in [0.29, 0.717) is 5.92 Å². The highest BCUT2D eigenvalue weighted by Crippen LogP contribution is 2.24. The highest BCUT2D eigenvalue weighted by molar-refractivity contribution is 5.41. The van der Waals surface area contributed by atoms with Crippen LogP contribution in [0.1, 0.15) is 43.9 Å². The summed E-state index contributed by atoms with van der Waals surface area (Å²) in [4.78, 5) is 0. The molecule has 0 bridgehead atoms. The molecule has 1 aromatic carbocycles. The van der Waals surface area contributed by atoms with Gasteiger partial charge in [0, 0.05) is 0 Å². The van der Waals surface area contributed by atoms with Crippen LogP contribution in [0, 0.1) is 19.8 Å². The Balaban J connectivity index is 2.86. The van der Waals surface area contributed by atoms with E-state index in [0.717, 1.165) is 25.2 Å². The number of hydrogen-bond donors (Lipinski definition) is 0. The van der Waals surface area contributed by atoms with Crippen molar-refractivity contribution >= 4 is 0 Å². The second-order valence-electron chi connectivity index (χ2n) is 4.99. The molecule has 1 nitrogen and oxygen atoms in total. The van der Waals surface area contributed by atoms with Crippen LogP contribution < -0.4 is 4.74 Å². The zero-order chi connectivity index (χ0) is 13.5. The van der Waals surface area contributed by atoms with Crippen LogP contribution in [-0.2, 0) is 6.42 Å². The van der Waals surface area contributed by atoms with Crippen LogP contribution in [0.2, 0.25) is 0 Å². The van der Waals surface area contributed by atoms with Gasteiger partial charge in [0.2, 0.25) is 0 Å². The summed E-state index contributed by atoms with van der Waals surface area (Å²) in [6, 6.07) is 4.31. The minimum absolute atomic E-state index is 0.597. The molecule has 18 heavy (non-hydrogen) atoms. The lowest BCUT2D eigenvalue weighted by Gasteiger charge is -2.15. The minimum Gasteiger partial charge on any atom is -0.494 e. The molecule has 1 heteroatoms. The van der Waals surface area contributed by atoms with Crippen molar-refractivity contribution < 1.29 is 4.74 Å². The van der Waals surface area contributed by atoms with Gasteiger partial charge in [-0.05, 0) is 68.4 Å². The maximum atomic E-state index is 5.58. The Labute approximate surface area is 112 Å². The molecule has 1 aromatic rings. The van der Waals surface area contributed by atoms with Crippen molar-refractivity contribution in [3.8, 4) is 5.75 Å². The van der Waals surface area contributed by atoms with Crippen molar-refractivity contribution in [1.29, 1.82) is 0 Å². The Hall–Kier alpha value is -1.24. The van der Waals surface area contributed by atoms with Gasteiger partial charge in [0.05, 0.1) is 6.61 Å². The average Bonchev–Trinajstić information content (AvgIpc) is 2.31. The van der Waals surface area contributed by atoms with Crippen molar-refractivity contribution in [1.82, 2.24) is 0 Å². The van der Waals surface area contributed by atoms with E-state index >= 15 is 0 Å². The quantitative estimate of drug-likeness (QED) is 0.652. The third-order valence-electron chi connectivity index (χ3n) is 3.21. The topological polar surface area (TPSA) is 9.23 Å². The summed E-state index contributed by atoms with van der Waals surface area (Å²) >= 11 is 0. The van der Waals surface area contributed by atoms with Crippen LogP contribution in [0.15, 0.2) is 24.3 Å².